The quantitative estimate of drug-likeness (QED) is 0.337. The number of likely N-dealkylation sites (N-methyl/N-ethyl adjacent to an activating group) is 1. The number of rotatable bonds is 13. The van der Waals surface area contributed by atoms with E-state index in [0.29, 0.717) is 25.1 Å². The molecule has 39 heavy (non-hydrogen) atoms. The molecule has 0 aromatic heterocycles. The summed E-state index contributed by atoms with van der Waals surface area (Å²) in [6, 6.07) is 24.1. The molecule has 0 fully saturated rings. The summed E-state index contributed by atoms with van der Waals surface area (Å²) in [5, 5.41) is 2.90. The molecule has 0 unspecified atom stereocenters. The predicted octanol–water partition coefficient (Wildman–Crippen LogP) is 4.63. The first kappa shape index (κ1) is 29.9. The predicted molar refractivity (Wildman–Crippen MR) is 157 cm³/mol. The fraction of sp³-hybridized carbons (Fsp3) is 0.355. The Kier molecular flexibility index (Phi) is 10.7. The van der Waals surface area contributed by atoms with Crippen LogP contribution in [0.4, 0.5) is 5.69 Å². The van der Waals surface area contributed by atoms with Gasteiger partial charge in [-0.05, 0) is 61.6 Å². The zero-order chi connectivity index (χ0) is 28.4. The molecule has 3 aromatic rings. The van der Waals surface area contributed by atoms with Crippen LogP contribution in [0.5, 0.6) is 0 Å². The van der Waals surface area contributed by atoms with Crippen LogP contribution in [0.25, 0.3) is 0 Å². The molecule has 0 radical (unpaired) electrons. The minimum absolute atomic E-state index is 0.106. The molecule has 8 heteroatoms. The molecule has 0 bridgehead atoms. The van der Waals surface area contributed by atoms with Crippen LogP contribution in [0.1, 0.15) is 42.0 Å². The van der Waals surface area contributed by atoms with Gasteiger partial charge in [-0.2, -0.15) is 0 Å². The van der Waals surface area contributed by atoms with Crippen molar-refractivity contribution >= 4 is 27.5 Å². The summed E-state index contributed by atoms with van der Waals surface area (Å²) in [5.74, 6) is -0.399. The number of aryl methyl sites for hydroxylation is 2. The number of nitrogens with one attached hydrogen (secondary N) is 1. The number of hydrogen-bond donors (Lipinski definition) is 1. The van der Waals surface area contributed by atoms with Gasteiger partial charge in [-0.25, -0.2) is 8.42 Å². The fourth-order valence-electron chi connectivity index (χ4n) is 4.60. The van der Waals surface area contributed by atoms with Crippen molar-refractivity contribution in [2.75, 3.05) is 23.7 Å². The molecular formula is C31H39N3O4S. The number of hydrogen-bond acceptors (Lipinski definition) is 4. The maximum atomic E-state index is 13.8. The van der Waals surface area contributed by atoms with Gasteiger partial charge < -0.3 is 10.2 Å². The lowest BCUT2D eigenvalue weighted by Crippen LogP contribution is -2.50. The molecule has 0 spiro atoms. The Hall–Kier alpha value is -3.65. The Balaban J connectivity index is 1.87. The maximum Gasteiger partial charge on any atom is 0.243 e. The van der Waals surface area contributed by atoms with Crippen LogP contribution in [0.2, 0.25) is 0 Å². The number of nitrogens with zero attached hydrogens (tertiary/aromatic N) is 2. The van der Waals surface area contributed by atoms with Gasteiger partial charge in [0.25, 0.3) is 0 Å². The summed E-state index contributed by atoms with van der Waals surface area (Å²) in [6.45, 7) is 6.66. The average molecular weight is 550 g/mol. The van der Waals surface area contributed by atoms with Gasteiger partial charge in [-0.1, -0.05) is 66.7 Å². The summed E-state index contributed by atoms with van der Waals surface area (Å²) in [4.78, 5) is 28.8. The van der Waals surface area contributed by atoms with Crippen molar-refractivity contribution in [2.45, 2.75) is 52.6 Å². The van der Waals surface area contributed by atoms with Crippen LogP contribution in [-0.2, 0) is 32.6 Å². The first-order valence-electron chi connectivity index (χ1n) is 13.3. The van der Waals surface area contributed by atoms with Gasteiger partial charge in [0, 0.05) is 32.5 Å². The van der Waals surface area contributed by atoms with E-state index in [9.17, 15) is 18.0 Å². The number of sulfonamides is 1. The second-order valence-corrected chi connectivity index (χ2v) is 11.7. The average Bonchev–Trinajstić information content (AvgIpc) is 2.89. The van der Waals surface area contributed by atoms with Gasteiger partial charge in [-0.3, -0.25) is 13.9 Å². The summed E-state index contributed by atoms with van der Waals surface area (Å²) in [7, 11) is -3.54. The molecule has 0 aliphatic rings. The second-order valence-electron chi connectivity index (χ2n) is 9.83. The Bertz CT molecular complexity index is 1360. The fourth-order valence-corrected chi connectivity index (χ4v) is 5.56. The zero-order valence-corrected chi connectivity index (χ0v) is 24.1. The third-order valence-corrected chi connectivity index (χ3v) is 7.86. The third kappa shape index (κ3) is 8.68. The molecule has 3 aromatic carbocycles. The SMILES string of the molecule is CCNC(=O)[C@H](Cc1ccccc1)N(Cc1ccccc1C)C(=O)CCCN(c1cccc(C)c1)S(C)(=O)=O. The molecule has 0 heterocycles. The van der Waals surface area contributed by atoms with Gasteiger partial charge in [0.15, 0.2) is 0 Å². The number of carbonyl (C=O) groups excluding carboxylic acids is 2. The Morgan fingerprint density at radius 1 is 0.923 bits per heavy atom. The second kappa shape index (κ2) is 13.9. The van der Waals surface area contributed by atoms with Gasteiger partial charge >= 0.3 is 0 Å². The lowest BCUT2D eigenvalue weighted by Gasteiger charge is -2.32. The van der Waals surface area contributed by atoms with Gasteiger partial charge in [-0.15, -0.1) is 0 Å². The van der Waals surface area contributed by atoms with Crippen molar-refractivity contribution in [3.63, 3.8) is 0 Å². The number of benzene rings is 3. The maximum absolute atomic E-state index is 13.8. The van der Waals surface area contributed by atoms with Crippen molar-refractivity contribution < 1.29 is 18.0 Å². The molecule has 3 rings (SSSR count). The number of carbonyl (C=O) groups is 2. The lowest BCUT2D eigenvalue weighted by atomic mass is 10.0. The van der Waals surface area contributed by atoms with Crippen LogP contribution >= 0.6 is 0 Å². The monoisotopic (exact) mass is 549 g/mol. The van der Waals surface area contributed by atoms with Gasteiger partial charge in [0.2, 0.25) is 21.8 Å². The molecule has 7 nitrogen and oxygen atoms in total. The normalized spacial score (nSPS) is 12.0. The molecule has 0 aliphatic heterocycles. The van der Waals surface area contributed by atoms with Crippen molar-refractivity contribution in [3.05, 3.63) is 101 Å². The topological polar surface area (TPSA) is 86.8 Å². The molecule has 1 N–H and O–H groups in total. The van der Waals surface area contributed by atoms with E-state index >= 15 is 0 Å². The summed E-state index contributed by atoms with van der Waals surface area (Å²) in [6.07, 6.45) is 1.97. The standard InChI is InChI=1S/C31H39N3O4S/c1-5-32-31(36)29(22-26-15-7-6-8-16-26)33(23-27-17-10-9-14-25(27)3)30(35)19-12-20-34(39(4,37)38)28-18-11-13-24(2)21-28/h6-11,13-18,21,29H,5,12,19-20,22-23H2,1-4H3,(H,32,36)/t29-/m0/s1. The number of amides is 2. The minimum atomic E-state index is -3.54. The summed E-state index contributed by atoms with van der Waals surface area (Å²) < 4.78 is 26.5. The highest BCUT2D eigenvalue weighted by molar-refractivity contribution is 7.92. The molecule has 0 aliphatic carbocycles. The van der Waals surface area contributed by atoms with Crippen LogP contribution in [0, 0.1) is 13.8 Å². The Morgan fingerprint density at radius 2 is 1.62 bits per heavy atom. The van der Waals surface area contributed by atoms with Gasteiger partial charge in [0.05, 0.1) is 11.9 Å². The molecule has 1 atom stereocenters. The highest BCUT2D eigenvalue weighted by atomic mass is 32.2. The van der Waals surface area contributed by atoms with E-state index in [1.807, 2.05) is 93.6 Å². The van der Waals surface area contributed by atoms with E-state index in [0.717, 1.165) is 22.3 Å². The van der Waals surface area contributed by atoms with E-state index in [4.69, 9.17) is 0 Å². The van der Waals surface area contributed by atoms with E-state index in [2.05, 4.69) is 5.32 Å². The largest absolute Gasteiger partial charge is 0.355 e. The van der Waals surface area contributed by atoms with Crippen molar-refractivity contribution in [1.29, 1.82) is 0 Å². The van der Waals surface area contributed by atoms with Crippen LogP contribution in [0.15, 0.2) is 78.9 Å². The summed E-state index contributed by atoms with van der Waals surface area (Å²) in [5.41, 5.74) is 4.48. The van der Waals surface area contributed by atoms with E-state index < -0.39 is 16.1 Å². The highest BCUT2D eigenvalue weighted by Crippen LogP contribution is 2.21. The molecule has 0 saturated carbocycles. The Labute approximate surface area is 232 Å². The zero-order valence-electron chi connectivity index (χ0n) is 23.3. The van der Waals surface area contributed by atoms with E-state index in [1.165, 1.54) is 10.6 Å². The van der Waals surface area contributed by atoms with Crippen LogP contribution in [0.3, 0.4) is 0 Å². The smallest absolute Gasteiger partial charge is 0.243 e. The minimum Gasteiger partial charge on any atom is -0.355 e. The van der Waals surface area contributed by atoms with Crippen LogP contribution in [-0.4, -0.2) is 50.5 Å². The molecule has 208 valence electrons. The summed E-state index contributed by atoms with van der Waals surface area (Å²) >= 11 is 0. The third-order valence-electron chi connectivity index (χ3n) is 6.67. The van der Waals surface area contributed by atoms with Gasteiger partial charge in [0.1, 0.15) is 6.04 Å². The van der Waals surface area contributed by atoms with Crippen molar-refractivity contribution in [3.8, 4) is 0 Å². The van der Waals surface area contributed by atoms with Crippen molar-refractivity contribution in [2.24, 2.45) is 0 Å². The molecule has 2 amide bonds. The van der Waals surface area contributed by atoms with Crippen molar-refractivity contribution in [1.82, 2.24) is 10.2 Å². The first-order chi connectivity index (χ1) is 18.6. The first-order valence-corrected chi connectivity index (χ1v) is 15.1. The molecular weight excluding hydrogens is 510 g/mol. The lowest BCUT2D eigenvalue weighted by molar-refractivity contribution is -0.141. The van der Waals surface area contributed by atoms with E-state index in [-0.39, 0.29) is 31.3 Å². The van der Waals surface area contributed by atoms with Crippen LogP contribution < -0.4 is 9.62 Å². The van der Waals surface area contributed by atoms with E-state index in [1.54, 1.807) is 11.0 Å². The number of anilines is 1. The highest BCUT2D eigenvalue weighted by Gasteiger charge is 2.30. The Morgan fingerprint density at radius 3 is 2.26 bits per heavy atom. The molecule has 0 saturated heterocycles.